The second-order valence-corrected chi connectivity index (χ2v) is 5.47. The molecule has 0 heterocycles. The molecule has 2 atom stereocenters. The highest BCUT2D eigenvalue weighted by atomic mass is 35.5. The van der Waals surface area contributed by atoms with Crippen LogP contribution in [-0.4, -0.2) is 26.0 Å². The van der Waals surface area contributed by atoms with E-state index in [4.69, 9.17) is 25.8 Å². The normalized spacial score (nSPS) is 13.8. The van der Waals surface area contributed by atoms with E-state index in [-0.39, 0.29) is 25.0 Å². The predicted octanol–water partition coefficient (Wildman–Crippen LogP) is 3.88. The van der Waals surface area contributed by atoms with Gasteiger partial charge in [0, 0.05) is 23.7 Å². The molecule has 0 amide bonds. The number of nitrogens with one attached hydrogen (secondary N) is 1. The predicted molar refractivity (Wildman–Crippen MR) is 85.1 cm³/mol. The summed E-state index contributed by atoms with van der Waals surface area (Å²) in [5.74, 6) is 0.510. The van der Waals surface area contributed by atoms with Crippen LogP contribution in [0, 0.1) is 0 Å². The lowest BCUT2D eigenvalue weighted by atomic mass is 10.1. The number of ether oxygens (including phenoxy) is 3. The maximum absolute atomic E-state index is 6.25. The molecule has 0 radical (unpaired) electrons. The third-order valence-corrected chi connectivity index (χ3v) is 3.13. The third kappa shape index (κ3) is 5.96. The van der Waals surface area contributed by atoms with Gasteiger partial charge in [-0.3, -0.25) is 0 Å². The van der Waals surface area contributed by atoms with Crippen LogP contribution in [0.4, 0.5) is 0 Å². The van der Waals surface area contributed by atoms with E-state index >= 15 is 0 Å². The van der Waals surface area contributed by atoms with Crippen molar-refractivity contribution in [2.45, 2.75) is 39.0 Å². The van der Waals surface area contributed by atoms with Crippen molar-refractivity contribution in [2.75, 3.05) is 13.9 Å². The van der Waals surface area contributed by atoms with Crippen LogP contribution in [0.5, 0.6) is 0 Å². The number of methoxy groups -OCH3 is 1. The van der Waals surface area contributed by atoms with Gasteiger partial charge in [-0.15, -0.1) is 0 Å². The van der Waals surface area contributed by atoms with Gasteiger partial charge in [0.25, 0.3) is 0 Å². The zero-order chi connectivity index (χ0) is 15.8. The molecule has 0 bridgehead atoms. The van der Waals surface area contributed by atoms with Gasteiger partial charge in [-0.05, 0) is 33.4 Å². The van der Waals surface area contributed by atoms with Crippen molar-refractivity contribution in [3.05, 3.63) is 47.3 Å². The Kier molecular flexibility index (Phi) is 7.57. The first kappa shape index (κ1) is 17.8. The monoisotopic (exact) mass is 313 g/mol. The van der Waals surface area contributed by atoms with Crippen LogP contribution in [0.1, 0.15) is 32.4 Å². The van der Waals surface area contributed by atoms with Gasteiger partial charge >= 0.3 is 0 Å². The molecule has 21 heavy (non-hydrogen) atoms. The summed E-state index contributed by atoms with van der Waals surface area (Å²) in [6, 6.07) is 7.79. The molecular formula is C16H24ClNO3. The second-order valence-electron chi connectivity index (χ2n) is 5.06. The first-order valence-electron chi connectivity index (χ1n) is 6.92. The number of hydrogen-bond acceptors (Lipinski definition) is 4. The molecule has 0 saturated heterocycles. The lowest BCUT2D eigenvalue weighted by Crippen LogP contribution is -2.29. The van der Waals surface area contributed by atoms with Gasteiger partial charge in [0.1, 0.15) is 19.0 Å². The molecule has 0 aromatic heterocycles. The summed E-state index contributed by atoms with van der Waals surface area (Å²) >= 11 is 6.25. The van der Waals surface area contributed by atoms with E-state index < -0.39 is 0 Å². The summed E-state index contributed by atoms with van der Waals surface area (Å²) in [5, 5.41) is 3.75. The Morgan fingerprint density at radius 1 is 1.29 bits per heavy atom. The fourth-order valence-corrected chi connectivity index (χ4v) is 2.21. The summed E-state index contributed by atoms with van der Waals surface area (Å²) in [7, 11) is 1.58. The molecule has 1 N–H and O–H groups in total. The topological polar surface area (TPSA) is 39.7 Å². The smallest absolute Gasteiger partial charge is 0.179 e. The molecule has 0 aliphatic rings. The molecule has 0 saturated carbocycles. The number of hydrogen-bond donors (Lipinski definition) is 1. The molecule has 1 aromatic carbocycles. The van der Waals surface area contributed by atoms with E-state index in [2.05, 4.69) is 11.9 Å². The van der Waals surface area contributed by atoms with Crippen molar-refractivity contribution in [1.29, 1.82) is 0 Å². The molecule has 4 nitrogen and oxygen atoms in total. The van der Waals surface area contributed by atoms with Crippen LogP contribution in [0.3, 0.4) is 0 Å². The maximum atomic E-state index is 6.25. The quantitative estimate of drug-likeness (QED) is 0.555. The largest absolute Gasteiger partial charge is 0.474 e. The molecular weight excluding hydrogens is 290 g/mol. The van der Waals surface area contributed by atoms with E-state index in [1.807, 2.05) is 45.0 Å². The molecule has 0 fully saturated rings. The van der Waals surface area contributed by atoms with Gasteiger partial charge in [0.2, 0.25) is 0 Å². The van der Waals surface area contributed by atoms with Crippen molar-refractivity contribution in [1.82, 2.24) is 5.32 Å². The van der Waals surface area contributed by atoms with E-state index in [0.717, 1.165) is 5.56 Å². The lowest BCUT2D eigenvalue weighted by molar-refractivity contribution is -0.117. The fraction of sp³-hybridized carbons (Fsp3) is 0.500. The molecule has 0 unspecified atom stereocenters. The molecule has 118 valence electrons. The summed E-state index contributed by atoms with van der Waals surface area (Å²) < 4.78 is 16.5. The van der Waals surface area contributed by atoms with E-state index in [9.17, 15) is 0 Å². The molecule has 0 aliphatic heterocycles. The summed E-state index contributed by atoms with van der Waals surface area (Å²) in [4.78, 5) is 0. The number of rotatable bonds is 9. The van der Waals surface area contributed by atoms with Gasteiger partial charge in [0.15, 0.2) is 5.88 Å². The standard InChI is InChI=1S/C16H24ClNO3/c1-11(2)18-13(4)21-12(3)16(20-10-19-5)14-8-6-7-9-15(14)17/h6-9,11-12,16,18H,4,10H2,1-3,5H3/t12-,16+/m1/s1. The average molecular weight is 314 g/mol. The zero-order valence-corrected chi connectivity index (χ0v) is 13.8. The Balaban J connectivity index is 2.82. The van der Waals surface area contributed by atoms with Crippen LogP contribution in [0.2, 0.25) is 5.02 Å². The highest BCUT2D eigenvalue weighted by Crippen LogP contribution is 2.30. The SMILES string of the molecule is C=C(NC(C)C)O[C@H](C)[C@H](OCOC)c1ccccc1Cl. The minimum atomic E-state index is -0.343. The lowest BCUT2D eigenvalue weighted by Gasteiger charge is -2.27. The van der Waals surface area contributed by atoms with Gasteiger partial charge in [-0.25, -0.2) is 0 Å². The summed E-state index contributed by atoms with van der Waals surface area (Å²) in [6.07, 6.45) is -0.608. The molecule has 5 heteroatoms. The minimum Gasteiger partial charge on any atom is -0.474 e. The van der Waals surface area contributed by atoms with Crippen LogP contribution in [0.15, 0.2) is 36.7 Å². The molecule has 1 rings (SSSR count). The van der Waals surface area contributed by atoms with Gasteiger partial charge < -0.3 is 19.5 Å². The highest BCUT2D eigenvalue weighted by molar-refractivity contribution is 6.31. The average Bonchev–Trinajstić information content (AvgIpc) is 2.40. The Bertz CT molecular complexity index is 451. The van der Waals surface area contributed by atoms with Crippen molar-refractivity contribution in [3.63, 3.8) is 0 Å². The Morgan fingerprint density at radius 2 is 1.95 bits per heavy atom. The Labute approximate surface area is 132 Å². The van der Waals surface area contributed by atoms with E-state index in [1.165, 1.54) is 0 Å². The summed E-state index contributed by atoms with van der Waals surface area (Å²) in [5.41, 5.74) is 0.862. The van der Waals surface area contributed by atoms with Crippen LogP contribution >= 0.6 is 11.6 Å². The van der Waals surface area contributed by atoms with Gasteiger partial charge in [-0.2, -0.15) is 0 Å². The maximum Gasteiger partial charge on any atom is 0.179 e. The van der Waals surface area contributed by atoms with Crippen molar-refractivity contribution in [2.24, 2.45) is 0 Å². The second kappa shape index (κ2) is 8.93. The fourth-order valence-electron chi connectivity index (χ4n) is 1.97. The van der Waals surface area contributed by atoms with Crippen LogP contribution < -0.4 is 5.32 Å². The van der Waals surface area contributed by atoms with Crippen molar-refractivity contribution < 1.29 is 14.2 Å². The molecule has 0 aliphatic carbocycles. The van der Waals surface area contributed by atoms with Crippen LogP contribution in [0.25, 0.3) is 0 Å². The first-order valence-corrected chi connectivity index (χ1v) is 7.30. The number of halogens is 1. The van der Waals surface area contributed by atoms with Gasteiger partial charge in [0.05, 0.1) is 0 Å². The number of benzene rings is 1. The first-order chi connectivity index (χ1) is 9.95. The Hall–Kier alpha value is -1.23. The summed E-state index contributed by atoms with van der Waals surface area (Å²) in [6.45, 7) is 9.97. The van der Waals surface area contributed by atoms with E-state index in [1.54, 1.807) is 7.11 Å². The van der Waals surface area contributed by atoms with Crippen molar-refractivity contribution >= 4 is 11.6 Å². The zero-order valence-electron chi connectivity index (χ0n) is 13.1. The van der Waals surface area contributed by atoms with E-state index in [0.29, 0.717) is 10.9 Å². The minimum absolute atomic E-state index is 0.160. The Morgan fingerprint density at radius 3 is 2.52 bits per heavy atom. The van der Waals surface area contributed by atoms with Gasteiger partial charge in [-0.1, -0.05) is 29.8 Å². The van der Waals surface area contributed by atoms with Crippen molar-refractivity contribution in [3.8, 4) is 0 Å². The third-order valence-electron chi connectivity index (χ3n) is 2.78. The highest BCUT2D eigenvalue weighted by Gasteiger charge is 2.24. The van der Waals surface area contributed by atoms with Crippen LogP contribution in [-0.2, 0) is 14.2 Å². The molecule has 1 aromatic rings. The molecule has 0 spiro atoms.